The fourth-order valence-electron chi connectivity index (χ4n) is 2.71. The average molecular weight is 363 g/mol. The molecule has 118 valence electrons. The number of benzene rings is 1. The lowest BCUT2D eigenvalue weighted by Crippen LogP contribution is -2.50. The largest absolute Gasteiger partial charge is 0.374 e. The molecule has 0 aromatic heterocycles. The number of nitrogens with one attached hydrogen (secondary N) is 1. The van der Waals surface area contributed by atoms with Gasteiger partial charge >= 0.3 is 0 Å². The van der Waals surface area contributed by atoms with Crippen molar-refractivity contribution in [1.82, 2.24) is 10.2 Å². The van der Waals surface area contributed by atoms with E-state index >= 15 is 0 Å². The van der Waals surface area contributed by atoms with Crippen LogP contribution in [0, 0.1) is 11.6 Å². The third-order valence-electron chi connectivity index (χ3n) is 3.93. The number of hydrogen-bond acceptors (Lipinski definition) is 3. The summed E-state index contributed by atoms with van der Waals surface area (Å²) in [6.07, 6.45) is -0.288. The number of ether oxygens (including phenoxy) is 1. The van der Waals surface area contributed by atoms with Gasteiger partial charge in [-0.3, -0.25) is 4.90 Å². The van der Waals surface area contributed by atoms with Crippen molar-refractivity contribution in [2.45, 2.75) is 32.0 Å². The van der Waals surface area contributed by atoms with Crippen LogP contribution < -0.4 is 5.32 Å². The van der Waals surface area contributed by atoms with Crippen LogP contribution >= 0.6 is 15.9 Å². The number of hydrogen-bond donors (Lipinski definition) is 1. The van der Waals surface area contributed by atoms with Gasteiger partial charge in [0.05, 0.1) is 23.2 Å². The molecule has 2 atom stereocenters. The Kier molecular flexibility index (Phi) is 5.71. The molecule has 6 heteroatoms. The monoisotopic (exact) mass is 362 g/mol. The normalized spacial score (nSPS) is 21.8. The molecular formula is C15H21BrF2N2O. The molecule has 2 rings (SSSR count). The summed E-state index contributed by atoms with van der Waals surface area (Å²) in [6.45, 7) is 6.27. The number of nitrogens with zero attached hydrogens (tertiary/aromatic N) is 1. The zero-order chi connectivity index (χ0) is 15.6. The second-order valence-electron chi connectivity index (χ2n) is 5.52. The van der Waals surface area contributed by atoms with E-state index in [9.17, 15) is 8.78 Å². The fourth-order valence-corrected chi connectivity index (χ4v) is 3.06. The van der Waals surface area contributed by atoms with Crippen LogP contribution in [0.3, 0.4) is 0 Å². The van der Waals surface area contributed by atoms with Gasteiger partial charge in [0, 0.05) is 24.7 Å². The Morgan fingerprint density at radius 1 is 1.38 bits per heavy atom. The summed E-state index contributed by atoms with van der Waals surface area (Å²) in [6, 6.07) is 2.51. The van der Waals surface area contributed by atoms with Crippen molar-refractivity contribution >= 4 is 15.9 Å². The van der Waals surface area contributed by atoms with Crippen LogP contribution in [-0.2, 0) is 4.74 Å². The van der Waals surface area contributed by atoms with Gasteiger partial charge in [0.1, 0.15) is 11.6 Å². The molecule has 1 aliphatic heterocycles. The Bertz CT molecular complexity index is 499. The van der Waals surface area contributed by atoms with Gasteiger partial charge in [-0.25, -0.2) is 8.78 Å². The molecule has 1 aromatic carbocycles. The van der Waals surface area contributed by atoms with Crippen molar-refractivity contribution in [3.8, 4) is 0 Å². The van der Waals surface area contributed by atoms with E-state index in [1.165, 1.54) is 12.1 Å². The molecule has 1 heterocycles. The first-order valence-electron chi connectivity index (χ1n) is 7.12. The minimum Gasteiger partial charge on any atom is -0.374 e. The van der Waals surface area contributed by atoms with E-state index in [1.807, 2.05) is 0 Å². The SMILES string of the molecule is CNC(c1c(F)ccc(Br)c1F)C1CN(C(C)C)CCO1. The molecule has 0 saturated carbocycles. The van der Waals surface area contributed by atoms with Gasteiger partial charge in [0.25, 0.3) is 0 Å². The van der Waals surface area contributed by atoms with Gasteiger partial charge in [-0.1, -0.05) is 0 Å². The number of morpholine rings is 1. The predicted molar refractivity (Wildman–Crippen MR) is 82.3 cm³/mol. The lowest BCUT2D eigenvalue weighted by Gasteiger charge is -2.39. The first-order chi connectivity index (χ1) is 9.95. The van der Waals surface area contributed by atoms with Crippen LogP contribution in [0.25, 0.3) is 0 Å². The fraction of sp³-hybridized carbons (Fsp3) is 0.600. The highest BCUT2D eigenvalue weighted by Crippen LogP contribution is 2.30. The smallest absolute Gasteiger partial charge is 0.145 e. The summed E-state index contributed by atoms with van der Waals surface area (Å²) in [4.78, 5) is 2.26. The van der Waals surface area contributed by atoms with E-state index in [2.05, 4.69) is 40.0 Å². The molecule has 1 aliphatic rings. The topological polar surface area (TPSA) is 24.5 Å². The van der Waals surface area contributed by atoms with Crippen molar-refractivity contribution in [3.05, 3.63) is 33.8 Å². The summed E-state index contributed by atoms with van der Waals surface area (Å²) in [7, 11) is 1.70. The van der Waals surface area contributed by atoms with Crippen molar-refractivity contribution in [3.63, 3.8) is 0 Å². The third-order valence-corrected chi connectivity index (χ3v) is 4.54. The molecule has 1 aromatic rings. The molecule has 0 radical (unpaired) electrons. The second kappa shape index (κ2) is 7.13. The third kappa shape index (κ3) is 3.62. The van der Waals surface area contributed by atoms with Crippen LogP contribution in [0.1, 0.15) is 25.5 Å². The van der Waals surface area contributed by atoms with Crippen molar-refractivity contribution in [1.29, 1.82) is 0 Å². The van der Waals surface area contributed by atoms with Crippen LogP contribution in [0.15, 0.2) is 16.6 Å². The second-order valence-corrected chi connectivity index (χ2v) is 6.38. The van der Waals surface area contributed by atoms with Gasteiger partial charge in [-0.05, 0) is 49.0 Å². The van der Waals surface area contributed by atoms with Gasteiger partial charge in [0.15, 0.2) is 0 Å². The van der Waals surface area contributed by atoms with Gasteiger partial charge in [0.2, 0.25) is 0 Å². The molecule has 21 heavy (non-hydrogen) atoms. The van der Waals surface area contributed by atoms with Gasteiger partial charge in [-0.2, -0.15) is 0 Å². The Labute approximate surface area is 132 Å². The number of likely N-dealkylation sites (N-methyl/N-ethyl adjacent to an activating group) is 1. The highest BCUT2D eigenvalue weighted by Gasteiger charge is 2.33. The minimum absolute atomic E-state index is 0.0301. The first-order valence-corrected chi connectivity index (χ1v) is 7.91. The lowest BCUT2D eigenvalue weighted by atomic mass is 9.98. The lowest BCUT2D eigenvalue weighted by molar-refractivity contribution is -0.0560. The summed E-state index contributed by atoms with van der Waals surface area (Å²) >= 11 is 3.12. The zero-order valence-electron chi connectivity index (χ0n) is 12.5. The van der Waals surface area contributed by atoms with E-state index in [4.69, 9.17) is 4.74 Å². The van der Waals surface area contributed by atoms with E-state index in [-0.39, 0.29) is 16.1 Å². The van der Waals surface area contributed by atoms with Crippen LogP contribution in [-0.4, -0.2) is 43.8 Å². The highest BCUT2D eigenvalue weighted by molar-refractivity contribution is 9.10. The number of halogens is 3. The Balaban J connectivity index is 2.30. The molecule has 0 spiro atoms. The molecule has 0 amide bonds. The molecule has 3 nitrogen and oxygen atoms in total. The van der Waals surface area contributed by atoms with E-state index in [0.717, 1.165) is 6.54 Å². The zero-order valence-corrected chi connectivity index (χ0v) is 14.1. The Morgan fingerprint density at radius 3 is 2.71 bits per heavy atom. The predicted octanol–water partition coefficient (Wildman–Crippen LogP) is 3.10. The first kappa shape index (κ1) is 16.8. The maximum atomic E-state index is 14.3. The average Bonchev–Trinajstić information content (AvgIpc) is 2.47. The molecule has 1 N–H and O–H groups in total. The summed E-state index contributed by atoms with van der Waals surface area (Å²) in [5, 5.41) is 3.00. The van der Waals surface area contributed by atoms with Gasteiger partial charge < -0.3 is 10.1 Å². The highest BCUT2D eigenvalue weighted by atomic mass is 79.9. The summed E-state index contributed by atoms with van der Waals surface area (Å²) in [5.74, 6) is -1.13. The van der Waals surface area contributed by atoms with Crippen LogP contribution in [0.5, 0.6) is 0 Å². The van der Waals surface area contributed by atoms with E-state index < -0.39 is 17.7 Å². The molecule has 1 saturated heterocycles. The van der Waals surface area contributed by atoms with Crippen molar-refractivity contribution in [2.24, 2.45) is 0 Å². The quantitative estimate of drug-likeness (QED) is 0.833. The number of rotatable bonds is 4. The van der Waals surface area contributed by atoms with Crippen molar-refractivity contribution in [2.75, 3.05) is 26.7 Å². The molecule has 1 fully saturated rings. The van der Waals surface area contributed by atoms with Crippen LogP contribution in [0.2, 0.25) is 0 Å². The maximum Gasteiger partial charge on any atom is 0.145 e. The Hall–Kier alpha value is -0.560. The maximum absolute atomic E-state index is 14.3. The van der Waals surface area contributed by atoms with E-state index in [0.29, 0.717) is 19.2 Å². The minimum atomic E-state index is -0.570. The molecule has 0 bridgehead atoms. The van der Waals surface area contributed by atoms with E-state index in [1.54, 1.807) is 7.05 Å². The molecule has 0 aliphatic carbocycles. The molecule has 2 unspecified atom stereocenters. The van der Waals surface area contributed by atoms with Crippen molar-refractivity contribution < 1.29 is 13.5 Å². The molecular weight excluding hydrogens is 342 g/mol. The van der Waals surface area contributed by atoms with Gasteiger partial charge in [-0.15, -0.1) is 0 Å². The summed E-state index contributed by atoms with van der Waals surface area (Å²) < 4.78 is 34.4. The van der Waals surface area contributed by atoms with Crippen LogP contribution in [0.4, 0.5) is 8.78 Å². The standard InChI is InChI=1S/C15H21BrF2N2O/c1-9(2)20-6-7-21-12(8-20)15(19-3)13-11(17)5-4-10(16)14(13)18/h4-5,9,12,15,19H,6-8H2,1-3H3. The summed E-state index contributed by atoms with van der Waals surface area (Å²) in [5.41, 5.74) is 0.0301. The Morgan fingerprint density at radius 2 is 2.10 bits per heavy atom.